The number of benzene rings is 1. The molecule has 2 N–H and O–H groups in total. The molecule has 1 aromatic carbocycles. The Bertz CT molecular complexity index is 701. The summed E-state index contributed by atoms with van der Waals surface area (Å²) >= 11 is 11.7. The third-order valence-electron chi connectivity index (χ3n) is 2.24. The highest BCUT2D eigenvalue weighted by atomic mass is 35.5. The molecule has 0 aliphatic carbocycles. The Hall–Kier alpha value is -0.540. The smallest absolute Gasteiger partial charge is 0.239 e. The van der Waals surface area contributed by atoms with Gasteiger partial charge < -0.3 is 4.74 Å². The molecule has 0 saturated heterocycles. The summed E-state index contributed by atoms with van der Waals surface area (Å²) in [4.78, 5) is -0.298. The molecule has 0 aliphatic rings. The van der Waals surface area contributed by atoms with Crippen molar-refractivity contribution in [3.05, 3.63) is 22.2 Å². The highest BCUT2D eigenvalue weighted by Crippen LogP contribution is 2.36. The van der Waals surface area contributed by atoms with Crippen molar-refractivity contribution in [3.63, 3.8) is 0 Å². The first-order valence-corrected chi connectivity index (χ1v) is 9.70. The van der Waals surface area contributed by atoms with Crippen LogP contribution in [0.15, 0.2) is 17.0 Å². The second-order valence-corrected chi connectivity index (χ2v) is 8.61. The number of sulfone groups is 1. The fraction of sp³-hybridized carbons (Fsp3) is 0.400. The highest BCUT2D eigenvalue weighted by molar-refractivity contribution is 7.90. The predicted octanol–water partition coefficient (Wildman–Crippen LogP) is 1.45. The predicted molar refractivity (Wildman–Crippen MR) is 77.7 cm³/mol. The van der Waals surface area contributed by atoms with Gasteiger partial charge in [0.2, 0.25) is 10.0 Å². The van der Waals surface area contributed by atoms with Gasteiger partial charge in [0.25, 0.3) is 0 Å². The van der Waals surface area contributed by atoms with Gasteiger partial charge in [0.1, 0.15) is 25.5 Å². The Kier molecular flexibility index (Phi) is 5.68. The highest BCUT2D eigenvalue weighted by Gasteiger charge is 2.18. The van der Waals surface area contributed by atoms with E-state index in [0.717, 1.165) is 6.26 Å². The summed E-state index contributed by atoms with van der Waals surface area (Å²) in [7, 11) is -7.03. The second kappa shape index (κ2) is 6.48. The molecule has 0 aliphatic heterocycles. The molecule has 1 aromatic rings. The topological polar surface area (TPSA) is 104 Å². The van der Waals surface area contributed by atoms with E-state index in [-0.39, 0.29) is 39.5 Å². The number of nitrogens with two attached hydrogens (primary N) is 1. The lowest BCUT2D eigenvalue weighted by Gasteiger charge is -2.10. The number of primary sulfonamides is 1. The van der Waals surface area contributed by atoms with Gasteiger partial charge in [0.05, 0.1) is 17.4 Å². The van der Waals surface area contributed by atoms with Crippen LogP contribution < -0.4 is 9.88 Å². The molecule has 0 amide bonds. The van der Waals surface area contributed by atoms with Crippen molar-refractivity contribution in [2.75, 3.05) is 18.6 Å². The molecule has 0 radical (unpaired) electrons. The van der Waals surface area contributed by atoms with Crippen molar-refractivity contribution < 1.29 is 21.6 Å². The van der Waals surface area contributed by atoms with E-state index in [2.05, 4.69) is 0 Å². The summed E-state index contributed by atoms with van der Waals surface area (Å²) in [5.74, 6) is 0.144. The lowest BCUT2D eigenvalue weighted by Crippen LogP contribution is -2.13. The molecule has 0 fully saturated rings. The molecule has 6 nitrogen and oxygen atoms in total. The van der Waals surface area contributed by atoms with Crippen LogP contribution in [-0.2, 0) is 19.9 Å². The number of hydrogen-bond acceptors (Lipinski definition) is 5. The van der Waals surface area contributed by atoms with Gasteiger partial charge >= 0.3 is 0 Å². The summed E-state index contributed by atoms with van der Waals surface area (Å²) in [6, 6.07) is 2.49. The Morgan fingerprint density at radius 3 is 2.25 bits per heavy atom. The maximum atomic E-state index is 11.2. The number of sulfonamides is 1. The average molecular weight is 362 g/mol. The van der Waals surface area contributed by atoms with Crippen LogP contribution in [0.1, 0.15) is 6.42 Å². The number of ether oxygens (including phenoxy) is 1. The van der Waals surface area contributed by atoms with Crippen LogP contribution in [0.4, 0.5) is 0 Å². The molecule has 0 saturated carbocycles. The van der Waals surface area contributed by atoms with Crippen molar-refractivity contribution in [2.45, 2.75) is 11.3 Å². The molecular weight excluding hydrogens is 349 g/mol. The van der Waals surface area contributed by atoms with Gasteiger partial charge in [-0.25, -0.2) is 22.0 Å². The van der Waals surface area contributed by atoms with Crippen LogP contribution in [-0.4, -0.2) is 35.5 Å². The van der Waals surface area contributed by atoms with Gasteiger partial charge in [-0.3, -0.25) is 0 Å². The minimum absolute atomic E-state index is 0.0202. The number of hydrogen-bond donors (Lipinski definition) is 1. The van der Waals surface area contributed by atoms with Crippen LogP contribution in [0.3, 0.4) is 0 Å². The van der Waals surface area contributed by atoms with Gasteiger partial charge in [-0.15, -0.1) is 0 Å². The zero-order valence-corrected chi connectivity index (χ0v) is 13.6. The van der Waals surface area contributed by atoms with E-state index in [1.54, 1.807) is 0 Å². The summed E-state index contributed by atoms with van der Waals surface area (Å²) in [5, 5.41) is 4.66. The van der Waals surface area contributed by atoms with Crippen molar-refractivity contribution >= 4 is 43.1 Å². The van der Waals surface area contributed by atoms with E-state index in [4.69, 9.17) is 33.1 Å². The van der Waals surface area contributed by atoms with Gasteiger partial charge in [-0.2, -0.15) is 0 Å². The third kappa shape index (κ3) is 5.10. The summed E-state index contributed by atoms with van der Waals surface area (Å²) in [6.07, 6.45) is 1.40. The molecule has 0 atom stereocenters. The third-order valence-corrected chi connectivity index (χ3v) is 5.20. The molecular formula is C10H13Cl2NO5S2. The van der Waals surface area contributed by atoms with Crippen molar-refractivity contribution in [2.24, 2.45) is 5.14 Å². The van der Waals surface area contributed by atoms with E-state index in [1.807, 2.05) is 0 Å². The standard InChI is InChI=1S/C10H13Cl2NO5S2/c1-19(14,15)6-2-5-18-7-3-4-8(20(13,16)17)10(12)9(7)11/h3-4H,2,5-6H2,1H3,(H2,13,16,17). The number of halogens is 2. The van der Waals surface area contributed by atoms with Gasteiger partial charge in [-0.1, -0.05) is 23.2 Å². The normalized spacial score (nSPS) is 12.4. The first-order chi connectivity index (χ1) is 9.02. The van der Waals surface area contributed by atoms with Crippen LogP contribution in [0.5, 0.6) is 5.75 Å². The molecule has 114 valence electrons. The Morgan fingerprint density at radius 1 is 1.15 bits per heavy atom. The second-order valence-electron chi connectivity index (χ2n) is 4.07. The lowest BCUT2D eigenvalue weighted by molar-refractivity contribution is 0.318. The Balaban J connectivity index is 2.82. The molecule has 20 heavy (non-hydrogen) atoms. The van der Waals surface area contributed by atoms with E-state index < -0.39 is 19.9 Å². The van der Waals surface area contributed by atoms with Gasteiger partial charge in [-0.05, 0) is 18.6 Å². The molecule has 0 unspecified atom stereocenters. The molecule has 0 heterocycles. The van der Waals surface area contributed by atoms with Crippen molar-refractivity contribution in [3.8, 4) is 5.75 Å². The summed E-state index contributed by atoms with van der Waals surface area (Å²) in [6.45, 7) is 0.109. The maximum Gasteiger partial charge on any atom is 0.239 e. The average Bonchev–Trinajstić information content (AvgIpc) is 2.26. The van der Waals surface area contributed by atoms with Crippen LogP contribution >= 0.6 is 23.2 Å². The molecule has 10 heteroatoms. The van der Waals surface area contributed by atoms with Crippen LogP contribution in [0, 0.1) is 0 Å². The fourth-order valence-corrected chi connectivity index (χ4v) is 3.35. The zero-order chi connectivity index (χ0) is 15.6. The van der Waals surface area contributed by atoms with E-state index in [9.17, 15) is 16.8 Å². The van der Waals surface area contributed by atoms with E-state index in [1.165, 1.54) is 12.1 Å². The summed E-state index contributed by atoms with van der Waals surface area (Å²) < 4.78 is 49.6. The van der Waals surface area contributed by atoms with Crippen LogP contribution in [0.25, 0.3) is 0 Å². The zero-order valence-electron chi connectivity index (χ0n) is 10.5. The monoisotopic (exact) mass is 361 g/mol. The van der Waals surface area contributed by atoms with Gasteiger partial charge in [0.15, 0.2) is 0 Å². The first kappa shape index (κ1) is 17.5. The van der Waals surface area contributed by atoms with E-state index >= 15 is 0 Å². The quantitative estimate of drug-likeness (QED) is 0.772. The van der Waals surface area contributed by atoms with E-state index in [0.29, 0.717) is 0 Å². The van der Waals surface area contributed by atoms with Gasteiger partial charge in [0, 0.05) is 6.26 Å². The summed E-state index contributed by atoms with van der Waals surface area (Å²) in [5.41, 5.74) is 0. The van der Waals surface area contributed by atoms with Crippen LogP contribution in [0.2, 0.25) is 10.0 Å². The first-order valence-electron chi connectivity index (χ1n) is 5.33. The minimum Gasteiger partial charge on any atom is -0.492 e. The van der Waals surface area contributed by atoms with Crippen molar-refractivity contribution in [1.82, 2.24) is 0 Å². The largest absolute Gasteiger partial charge is 0.492 e. The molecule has 0 bridgehead atoms. The molecule has 0 aromatic heterocycles. The fourth-order valence-electron chi connectivity index (χ4n) is 1.35. The molecule has 1 rings (SSSR count). The Morgan fingerprint density at radius 2 is 1.75 bits per heavy atom. The minimum atomic E-state index is -3.97. The maximum absolute atomic E-state index is 11.2. The number of rotatable bonds is 6. The molecule has 0 spiro atoms. The lowest BCUT2D eigenvalue weighted by atomic mass is 10.3. The van der Waals surface area contributed by atoms with Crippen molar-refractivity contribution in [1.29, 1.82) is 0 Å². The SMILES string of the molecule is CS(=O)(=O)CCCOc1ccc(S(N)(=O)=O)c(Cl)c1Cl. The Labute approximate surface area is 127 Å².